The first-order valence-electron chi connectivity index (χ1n) is 17.7. The van der Waals surface area contributed by atoms with Gasteiger partial charge in [0.2, 0.25) is 0 Å². The van der Waals surface area contributed by atoms with E-state index >= 15 is 0 Å². The molecule has 6 rings (SSSR count). The van der Waals surface area contributed by atoms with Gasteiger partial charge in [0.05, 0.1) is 0 Å². The summed E-state index contributed by atoms with van der Waals surface area (Å²) in [6.07, 6.45) is 0. The van der Waals surface area contributed by atoms with E-state index in [0.717, 1.165) is 0 Å². The van der Waals surface area contributed by atoms with Crippen LogP contribution in [0.2, 0.25) is 0 Å². The summed E-state index contributed by atoms with van der Waals surface area (Å²) in [6.45, 7) is 27.2. The molecule has 0 saturated heterocycles. The molecule has 254 valence electrons. The second-order valence-corrected chi connectivity index (χ2v) is 20.7. The van der Waals surface area contributed by atoms with Crippen LogP contribution in [0.25, 0.3) is 44.5 Å². The molecule has 0 radical (unpaired) electrons. The number of rotatable bonds is 7. The average Bonchev–Trinajstić information content (AvgIpc) is 2.99. The molecule has 0 nitrogen and oxygen atoms in total. The molecule has 6 aromatic carbocycles. The summed E-state index contributed by atoms with van der Waals surface area (Å²) in [7, 11) is 0. The van der Waals surface area contributed by atoms with E-state index in [9.17, 15) is 0 Å². The normalized spacial score (nSPS) is 11.4. The Balaban J connectivity index is 1.64. The molecular weight excluding hydrogens is 734 g/mol. The van der Waals surface area contributed by atoms with E-state index in [2.05, 4.69) is 168 Å². The van der Waals surface area contributed by atoms with Crippen LogP contribution < -0.4 is 8.92 Å². The van der Waals surface area contributed by atoms with E-state index in [1.807, 2.05) is 0 Å². The summed E-state index contributed by atoms with van der Waals surface area (Å²) >= 11 is 0.382. The summed E-state index contributed by atoms with van der Waals surface area (Å²) in [5, 5.41) is 0. The van der Waals surface area contributed by atoms with Gasteiger partial charge in [0.1, 0.15) is 0 Å². The molecule has 0 aliphatic heterocycles. The Morgan fingerprint density at radius 3 is 0.640 bits per heavy atom. The molecule has 0 aliphatic rings. The molecular formula is C48H50Se2. The standard InChI is InChI=1S/C48H50Se2/c1-27-19-31(5)43(32(6)20-27)39-15-13-16-40(44-33(7)21-28(2)22-34(44)8)47(39)49-50-48-41(45-35(9)23-29(3)24-36(45)10)17-14-18-42(48)46-37(11)25-30(4)26-38(46)12/h13-26H,1-12H3. The third-order valence-corrected chi connectivity index (χ3v) is 17.3. The summed E-state index contributed by atoms with van der Waals surface area (Å²) in [4.78, 5) is 0. The SMILES string of the molecule is Cc1cc(C)c(-c2cccc(-c3c(C)cc(C)cc3C)c2[Se][Se]c2c(-c3c(C)cc(C)cc3C)cccc2-c2c(C)cc(C)cc2C)c(C)c1. The van der Waals surface area contributed by atoms with Crippen molar-refractivity contribution in [1.29, 1.82) is 0 Å². The fraction of sp³-hybridized carbons (Fsp3) is 0.250. The van der Waals surface area contributed by atoms with E-state index in [0.29, 0.717) is 0 Å². The van der Waals surface area contributed by atoms with E-state index in [4.69, 9.17) is 0 Å². The van der Waals surface area contributed by atoms with Crippen LogP contribution in [0.5, 0.6) is 0 Å². The van der Waals surface area contributed by atoms with Gasteiger partial charge in [0.25, 0.3) is 0 Å². The summed E-state index contributed by atoms with van der Waals surface area (Å²) in [5.41, 5.74) is 27.4. The zero-order chi connectivity index (χ0) is 36.0. The van der Waals surface area contributed by atoms with Gasteiger partial charge in [-0.15, -0.1) is 0 Å². The number of aryl methyl sites for hydroxylation is 12. The molecule has 0 fully saturated rings. The van der Waals surface area contributed by atoms with Crippen LogP contribution in [0.4, 0.5) is 0 Å². The summed E-state index contributed by atoms with van der Waals surface area (Å²) in [5.74, 6) is 0. The third kappa shape index (κ3) is 6.97. The van der Waals surface area contributed by atoms with Crippen molar-refractivity contribution in [3.8, 4) is 44.5 Å². The van der Waals surface area contributed by atoms with Crippen LogP contribution in [-0.2, 0) is 0 Å². The Labute approximate surface area is 312 Å². The second kappa shape index (κ2) is 14.5. The van der Waals surface area contributed by atoms with Crippen molar-refractivity contribution >= 4 is 35.2 Å². The van der Waals surface area contributed by atoms with Crippen molar-refractivity contribution in [2.75, 3.05) is 0 Å². The molecule has 0 N–H and O–H groups in total. The predicted octanol–water partition coefficient (Wildman–Crippen LogP) is 11.3. The van der Waals surface area contributed by atoms with Gasteiger partial charge in [-0.2, -0.15) is 0 Å². The zero-order valence-corrected chi connectivity index (χ0v) is 35.3. The topological polar surface area (TPSA) is 0 Å². The van der Waals surface area contributed by atoms with E-state index in [1.54, 1.807) is 0 Å². The second-order valence-electron chi connectivity index (χ2n) is 14.6. The Morgan fingerprint density at radius 2 is 0.460 bits per heavy atom. The Bertz CT molecular complexity index is 1880. The van der Waals surface area contributed by atoms with Crippen molar-refractivity contribution in [1.82, 2.24) is 0 Å². The molecule has 0 atom stereocenters. The molecule has 0 unspecified atom stereocenters. The monoisotopic (exact) mass is 786 g/mol. The van der Waals surface area contributed by atoms with Crippen LogP contribution in [0, 0.1) is 83.1 Å². The van der Waals surface area contributed by atoms with Crippen LogP contribution in [0.1, 0.15) is 66.8 Å². The molecule has 6 aromatic rings. The van der Waals surface area contributed by atoms with Crippen LogP contribution >= 0.6 is 0 Å². The van der Waals surface area contributed by atoms with Gasteiger partial charge in [-0.1, -0.05) is 0 Å². The van der Waals surface area contributed by atoms with E-state index in [-0.39, 0.29) is 26.3 Å². The molecule has 50 heavy (non-hydrogen) atoms. The van der Waals surface area contributed by atoms with Gasteiger partial charge >= 0.3 is 314 Å². The van der Waals surface area contributed by atoms with Crippen LogP contribution in [0.15, 0.2) is 84.9 Å². The first-order valence-corrected chi connectivity index (χ1v) is 23.7. The summed E-state index contributed by atoms with van der Waals surface area (Å²) < 4.78 is 3.06. The Morgan fingerprint density at radius 1 is 0.280 bits per heavy atom. The Hall–Kier alpha value is -3.64. The summed E-state index contributed by atoms with van der Waals surface area (Å²) in [6, 6.07) is 33.1. The molecule has 0 bridgehead atoms. The van der Waals surface area contributed by atoms with Crippen molar-refractivity contribution in [2.45, 2.75) is 83.1 Å². The van der Waals surface area contributed by atoms with Gasteiger partial charge in [-0.3, -0.25) is 0 Å². The third-order valence-electron chi connectivity index (χ3n) is 10.0. The van der Waals surface area contributed by atoms with Crippen molar-refractivity contribution in [3.05, 3.63) is 152 Å². The first kappa shape index (κ1) is 36.2. The molecule has 0 aromatic heterocycles. The van der Waals surface area contributed by atoms with Gasteiger partial charge in [0.15, 0.2) is 0 Å². The molecule has 0 heterocycles. The average molecular weight is 785 g/mol. The number of benzene rings is 6. The van der Waals surface area contributed by atoms with E-state index < -0.39 is 0 Å². The first-order chi connectivity index (χ1) is 23.7. The van der Waals surface area contributed by atoms with Crippen molar-refractivity contribution in [3.63, 3.8) is 0 Å². The van der Waals surface area contributed by atoms with Crippen LogP contribution in [-0.4, -0.2) is 26.3 Å². The quantitative estimate of drug-likeness (QED) is 0.141. The van der Waals surface area contributed by atoms with Crippen molar-refractivity contribution in [2.24, 2.45) is 0 Å². The van der Waals surface area contributed by atoms with Gasteiger partial charge in [-0.05, 0) is 0 Å². The fourth-order valence-corrected chi connectivity index (χ4v) is 16.8. The fourth-order valence-electron chi connectivity index (χ4n) is 8.54. The minimum atomic E-state index is 0.191. The molecule has 0 spiro atoms. The Kier molecular flexibility index (Phi) is 10.5. The van der Waals surface area contributed by atoms with Crippen molar-refractivity contribution < 1.29 is 0 Å². The molecule has 2 heteroatoms. The number of hydrogen-bond donors (Lipinski definition) is 0. The maximum absolute atomic E-state index is 2.40. The minimum absolute atomic E-state index is 0.191. The molecule has 0 saturated carbocycles. The van der Waals surface area contributed by atoms with Gasteiger partial charge < -0.3 is 0 Å². The molecule has 0 amide bonds. The maximum atomic E-state index is 2.40. The van der Waals surface area contributed by atoms with Gasteiger partial charge in [0, 0.05) is 0 Å². The number of hydrogen-bond acceptors (Lipinski definition) is 0. The van der Waals surface area contributed by atoms with Crippen LogP contribution in [0.3, 0.4) is 0 Å². The zero-order valence-electron chi connectivity index (χ0n) is 31.9. The van der Waals surface area contributed by atoms with Gasteiger partial charge in [-0.25, -0.2) is 0 Å². The molecule has 0 aliphatic carbocycles. The van der Waals surface area contributed by atoms with E-state index in [1.165, 1.54) is 120 Å². The predicted molar refractivity (Wildman–Crippen MR) is 222 cm³/mol.